The van der Waals surface area contributed by atoms with Crippen molar-refractivity contribution in [3.63, 3.8) is 0 Å². The van der Waals surface area contributed by atoms with Gasteiger partial charge in [0.25, 0.3) is 11.4 Å². The quantitative estimate of drug-likeness (QED) is 0.519. The standard InChI is InChI=1S/C20H18N4O5/c1-10-7-11(2)9-13(8-10)18-22-17(23-29-18)12(3)24-19(25)15-16(28-20(24)26)14(27-4)5-6-21-15/h5-9,12H,1-4H3/t12-/m0/s1. The van der Waals surface area contributed by atoms with Crippen molar-refractivity contribution in [1.29, 1.82) is 0 Å². The van der Waals surface area contributed by atoms with Crippen LogP contribution in [-0.4, -0.2) is 26.8 Å². The number of aryl methyl sites for hydroxylation is 2. The Morgan fingerprint density at radius 3 is 2.55 bits per heavy atom. The number of fused-ring (bicyclic) bond motifs is 1. The van der Waals surface area contributed by atoms with E-state index in [1.165, 1.54) is 19.4 Å². The summed E-state index contributed by atoms with van der Waals surface area (Å²) in [4.78, 5) is 33.8. The molecule has 4 aromatic rings. The molecule has 1 aromatic carbocycles. The van der Waals surface area contributed by atoms with E-state index in [0.29, 0.717) is 5.89 Å². The first-order valence-corrected chi connectivity index (χ1v) is 8.89. The Bertz CT molecular complexity index is 1310. The highest BCUT2D eigenvalue weighted by Gasteiger charge is 2.23. The molecule has 0 aliphatic carbocycles. The van der Waals surface area contributed by atoms with E-state index in [1.54, 1.807) is 6.92 Å². The second kappa shape index (κ2) is 7.01. The molecule has 1 atom stereocenters. The largest absolute Gasteiger partial charge is 0.493 e. The molecule has 0 spiro atoms. The van der Waals surface area contributed by atoms with E-state index in [2.05, 4.69) is 15.1 Å². The van der Waals surface area contributed by atoms with Crippen LogP contribution in [0.5, 0.6) is 5.75 Å². The molecule has 0 unspecified atom stereocenters. The van der Waals surface area contributed by atoms with Gasteiger partial charge in [0.15, 0.2) is 17.1 Å². The van der Waals surface area contributed by atoms with Gasteiger partial charge in [0, 0.05) is 17.8 Å². The number of aromatic nitrogens is 4. The van der Waals surface area contributed by atoms with Gasteiger partial charge >= 0.3 is 5.76 Å². The molecule has 9 heteroatoms. The van der Waals surface area contributed by atoms with E-state index in [1.807, 2.05) is 32.0 Å². The van der Waals surface area contributed by atoms with Gasteiger partial charge in [-0.05, 0) is 32.9 Å². The summed E-state index contributed by atoms with van der Waals surface area (Å²) in [6, 6.07) is 6.56. The third-order valence-corrected chi connectivity index (χ3v) is 4.57. The Kier molecular flexibility index (Phi) is 4.50. The van der Waals surface area contributed by atoms with Crippen molar-refractivity contribution in [2.45, 2.75) is 26.8 Å². The monoisotopic (exact) mass is 394 g/mol. The fraction of sp³-hybridized carbons (Fsp3) is 0.250. The minimum atomic E-state index is -0.862. The molecule has 4 rings (SSSR count). The summed E-state index contributed by atoms with van der Waals surface area (Å²) < 4.78 is 16.7. The van der Waals surface area contributed by atoms with Crippen LogP contribution in [0.2, 0.25) is 0 Å². The Labute approximate surface area is 164 Å². The molecule has 0 bridgehead atoms. The van der Waals surface area contributed by atoms with Crippen molar-refractivity contribution in [3.05, 3.63) is 68.3 Å². The zero-order chi connectivity index (χ0) is 20.7. The molecule has 0 N–H and O–H groups in total. The molecule has 3 heterocycles. The van der Waals surface area contributed by atoms with Crippen LogP contribution in [0, 0.1) is 13.8 Å². The lowest BCUT2D eigenvalue weighted by atomic mass is 10.1. The molecule has 9 nitrogen and oxygen atoms in total. The zero-order valence-electron chi connectivity index (χ0n) is 16.3. The Morgan fingerprint density at radius 1 is 1.14 bits per heavy atom. The van der Waals surface area contributed by atoms with E-state index >= 15 is 0 Å². The molecule has 0 radical (unpaired) electrons. The van der Waals surface area contributed by atoms with Gasteiger partial charge < -0.3 is 13.7 Å². The Balaban J connectivity index is 1.81. The van der Waals surface area contributed by atoms with Crippen LogP contribution < -0.4 is 16.1 Å². The maximum atomic E-state index is 12.9. The van der Waals surface area contributed by atoms with Crippen molar-refractivity contribution in [1.82, 2.24) is 19.7 Å². The van der Waals surface area contributed by atoms with Crippen LogP contribution in [-0.2, 0) is 0 Å². The third kappa shape index (κ3) is 3.20. The summed E-state index contributed by atoms with van der Waals surface area (Å²) in [6.07, 6.45) is 1.41. The lowest BCUT2D eigenvalue weighted by Gasteiger charge is -2.10. The molecular weight excluding hydrogens is 376 g/mol. The van der Waals surface area contributed by atoms with Crippen LogP contribution >= 0.6 is 0 Å². The molecule has 148 valence electrons. The summed E-state index contributed by atoms with van der Waals surface area (Å²) in [5.41, 5.74) is 2.22. The summed E-state index contributed by atoms with van der Waals surface area (Å²) in [5.74, 6) is -0.132. The SMILES string of the molecule is COc1ccnc2c(=O)n([C@@H](C)c3noc(-c4cc(C)cc(C)c4)n3)c(=O)oc12. The molecule has 0 amide bonds. The first kappa shape index (κ1) is 18.6. The number of rotatable bonds is 4. The first-order chi connectivity index (χ1) is 13.9. The number of nitrogens with zero attached hydrogens (tertiary/aromatic N) is 4. The van der Waals surface area contributed by atoms with Crippen molar-refractivity contribution in [2.75, 3.05) is 7.11 Å². The van der Waals surface area contributed by atoms with Gasteiger partial charge in [0.1, 0.15) is 6.04 Å². The summed E-state index contributed by atoms with van der Waals surface area (Å²) >= 11 is 0. The molecule has 29 heavy (non-hydrogen) atoms. The van der Waals surface area contributed by atoms with Gasteiger partial charge in [0.2, 0.25) is 5.58 Å². The van der Waals surface area contributed by atoms with Gasteiger partial charge in [-0.1, -0.05) is 22.3 Å². The minimum Gasteiger partial charge on any atom is -0.493 e. The van der Waals surface area contributed by atoms with E-state index in [0.717, 1.165) is 21.3 Å². The molecule has 3 aromatic heterocycles. The Hall–Kier alpha value is -3.75. The number of ether oxygens (including phenoxy) is 1. The van der Waals surface area contributed by atoms with Gasteiger partial charge in [-0.15, -0.1) is 0 Å². The van der Waals surface area contributed by atoms with Crippen LogP contribution in [0.4, 0.5) is 0 Å². The van der Waals surface area contributed by atoms with Crippen LogP contribution in [0.1, 0.15) is 29.9 Å². The summed E-state index contributed by atoms with van der Waals surface area (Å²) in [5, 5.41) is 3.95. The molecule has 0 aliphatic heterocycles. The first-order valence-electron chi connectivity index (χ1n) is 8.89. The molecular formula is C20H18N4O5. The van der Waals surface area contributed by atoms with Gasteiger partial charge in [-0.3, -0.25) is 4.79 Å². The highest BCUT2D eigenvalue weighted by Crippen LogP contribution is 2.24. The Morgan fingerprint density at radius 2 is 1.86 bits per heavy atom. The second-order valence-corrected chi connectivity index (χ2v) is 6.74. The maximum Gasteiger partial charge on any atom is 0.423 e. The van der Waals surface area contributed by atoms with Gasteiger partial charge in [-0.2, -0.15) is 4.98 Å². The van der Waals surface area contributed by atoms with Gasteiger partial charge in [0.05, 0.1) is 7.11 Å². The van der Waals surface area contributed by atoms with Crippen molar-refractivity contribution in [2.24, 2.45) is 0 Å². The number of hydrogen-bond acceptors (Lipinski definition) is 8. The fourth-order valence-electron chi connectivity index (χ4n) is 3.25. The predicted molar refractivity (Wildman–Crippen MR) is 104 cm³/mol. The molecule has 0 fully saturated rings. The third-order valence-electron chi connectivity index (χ3n) is 4.57. The van der Waals surface area contributed by atoms with Crippen molar-refractivity contribution >= 4 is 11.1 Å². The summed E-state index contributed by atoms with van der Waals surface area (Å²) in [6.45, 7) is 5.55. The van der Waals surface area contributed by atoms with Crippen molar-refractivity contribution in [3.8, 4) is 17.2 Å². The van der Waals surface area contributed by atoms with Crippen LogP contribution in [0.3, 0.4) is 0 Å². The lowest BCUT2D eigenvalue weighted by molar-refractivity contribution is 0.379. The predicted octanol–water partition coefficient (Wildman–Crippen LogP) is 2.63. The molecule has 0 saturated carbocycles. The maximum absolute atomic E-state index is 12.9. The highest BCUT2D eigenvalue weighted by atomic mass is 16.5. The van der Waals surface area contributed by atoms with E-state index in [9.17, 15) is 9.59 Å². The van der Waals surface area contributed by atoms with Crippen molar-refractivity contribution < 1.29 is 13.7 Å². The number of hydrogen-bond donors (Lipinski definition) is 0. The zero-order valence-corrected chi connectivity index (χ0v) is 16.3. The summed E-state index contributed by atoms with van der Waals surface area (Å²) in [7, 11) is 1.41. The van der Waals surface area contributed by atoms with Crippen LogP contribution in [0.25, 0.3) is 22.6 Å². The second-order valence-electron chi connectivity index (χ2n) is 6.74. The molecule has 0 saturated heterocycles. The van der Waals surface area contributed by atoms with Gasteiger partial charge in [-0.25, -0.2) is 14.3 Å². The van der Waals surface area contributed by atoms with E-state index in [-0.39, 0.29) is 22.7 Å². The average Bonchev–Trinajstić information content (AvgIpc) is 3.17. The fourth-order valence-corrected chi connectivity index (χ4v) is 3.25. The highest BCUT2D eigenvalue weighted by molar-refractivity contribution is 5.77. The molecule has 0 aliphatic rings. The van der Waals surface area contributed by atoms with E-state index < -0.39 is 17.4 Å². The van der Waals surface area contributed by atoms with Crippen LogP contribution in [0.15, 0.2) is 49.0 Å². The number of methoxy groups -OCH3 is 1. The number of benzene rings is 1. The van der Waals surface area contributed by atoms with E-state index in [4.69, 9.17) is 13.7 Å². The lowest BCUT2D eigenvalue weighted by Crippen LogP contribution is -2.36. The smallest absolute Gasteiger partial charge is 0.423 e. The topological polar surface area (TPSA) is 113 Å². The number of pyridine rings is 1. The minimum absolute atomic E-state index is 0.00233. The average molecular weight is 394 g/mol. The normalized spacial score (nSPS) is 12.3.